The van der Waals surface area contributed by atoms with Gasteiger partial charge in [-0.25, -0.2) is 9.37 Å². The van der Waals surface area contributed by atoms with Crippen molar-refractivity contribution < 1.29 is 9.13 Å². The molecule has 4 heteroatoms. The van der Waals surface area contributed by atoms with E-state index in [-0.39, 0.29) is 11.9 Å². The van der Waals surface area contributed by atoms with Crippen LogP contribution in [0.1, 0.15) is 30.5 Å². The Hall–Kier alpha value is -1.94. The Morgan fingerprint density at radius 3 is 2.80 bits per heavy atom. The van der Waals surface area contributed by atoms with E-state index in [0.717, 1.165) is 12.0 Å². The van der Waals surface area contributed by atoms with Crippen molar-refractivity contribution >= 4 is 0 Å². The van der Waals surface area contributed by atoms with Crippen molar-refractivity contribution in [2.45, 2.75) is 25.9 Å². The molecule has 1 unspecified atom stereocenters. The molecule has 0 bridgehead atoms. The molecular formula is C16H19FN2O. The van der Waals surface area contributed by atoms with E-state index in [9.17, 15) is 4.39 Å². The highest BCUT2D eigenvalue weighted by Crippen LogP contribution is 2.20. The average molecular weight is 274 g/mol. The van der Waals surface area contributed by atoms with Gasteiger partial charge in [-0.3, -0.25) is 0 Å². The van der Waals surface area contributed by atoms with E-state index in [1.54, 1.807) is 19.4 Å². The highest BCUT2D eigenvalue weighted by molar-refractivity contribution is 5.23. The predicted octanol–water partition coefficient (Wildman–Crippen LogP) is 3.47. The van der Waals surface area contributed by atoms with Crippen molar-refractivity contribution in [2.24, 2.45) is 0 Å². The first-order chi connectivity index (χ1) is 9.74. The molecular weight excluding hydrogens is 255 g/mol. The second-order valence-electron chi connectivity index (χ2n) is 4.57. The zero-order valence-electron chi connectivity index (χ0n) is 11.8. The number of pyridine rings is 1. The zero-order valence-corrected chi connectivity index (χ0v) is 11.8. The molecule has 0 aliphatic carbocycles. The minimum atomic E-state index is -0.167. The van der Waals surface area contributed by atoms with Gasteiger partial charge in [0.05, 0.1) is 7.11 Å². The van der Waals surface area contributed by atoms with Gasteiger partial charge in [0.25, 0.3) is 0 Å². The smallest absolute Gasteiger partial charge is 0.213 e. The quantitative estimate of drug-likeness (QED) is 0.875. The number of halogens is 1. The van der Waals surface area contributed by atoms with Gasteiger partial charge >= 0.3 is 0 Å². The topological polar surface area (TPSA) is 34.2 Å². The lowest BCUT2D eigenvalue weighted by Gasteiger charge is -2.18. The number of benzene rings is 1. The summed E-state index contributed by atoms with van der Waals surface area (Å²) in [4.78, 5) is 4.07. The van der Waals surface area contributed by atoms with Crippen molar-refractivity contribution in [3.8, 4) is 5.88 Å². The van der Waals surface area contributed by atoms with Crippen LogP contribution in [-0.2, 0) is 6.54 Å². The molecule has 0 spiro atoms. The van der Waals surface area contributed by atoms with Gasteiger partial charge in [0.1, 0.15) is 5.82 Å². The van der Waals surface area contributed by atoms with E-state index >= 15 is 0 Å². The van der Waals surface area contributed by atoms with E-state index in [0.29, 0.717) is 18.0 Å². The molecule has 0 saturated heterocycles. The molecule has 3 nitrogen and oxygen atoms in total. The third kappa shape index (κ3) is 3.54. The molecule has 0 aliphatic heterocycles. The largest absolute Gasteiger partial charge is 0.481 e. The number of rotatable bonds is 6. The minimum Gasteiger partial charge on any atom is -0.481 e. The van der Waals surface area contributed by atoms with Crippen molar-refractivity contribution in [1.29, 1.82) is 0 Å². The van der Waals surface area contributed by atoms with Gasteiger partial charge in [-0.05, 0) is 24.1 Å². The van der Waals surface area contributed by atoms with E-state index in [4.69, 9.17) is 4.74 Å². The number of methoxy groups -OCH3 is 1. The standard InChI is InChI=1S/C16H19FN2O/c1-3-15(13-6-4-5-7-14(13)17)19-11-12-8-9-18-16(10-12)20-2/h4-10,15,19H,3,11H2,1-2H3. The third-order valence-electron chi connectivity index (χ3n) is 3.25. The number of nitrogens with zero attached hydrogens (tertiary/aromatic N) is 1. The van der Waals surface area contributed by atoms with Crippen LogP contribution < -0.4 is 10.1 Å². The minimum absolute atomic E-state index is 0.00430. The number of ether oxygens (including phenoxy) is 1. The molecule has 1 aromatic carbocycles. The molecule has 1 heterocycles. The van der Waals surface area contributed by atoms with Gasteiger partial charge in [0.15, 0.2) is 0 Å². The molecule has 106 valence electrons. The van der Waals surface area contributed by atoms with E-state index in [1.807, 2.05) is 31.2 Å². The molecule has 0 saturated carbocycles. The summed E-state index contributed by atoms with van der Waals surface area (Å²) < 4.78 is 18.9. The Labute approximate surface area is 118 Å². The van der Waals surface area contributed by atoms with Crippen LogP contribution in [0.3, 0.4) is 0 Å². The first-order valence-electron chi connectivity index (χ1n) is 6.71. The molecule has 0 fully saturated rings. The predicted molar refractivity (Wildman–Crippen MR) is 77.1 cm³/mol. The third-order valence-corrected chi connectivity index (χ3v) is 3.25. The fraction of sp³-hybridized carbons (Fsp3) is 0.312. The van der Waals surface area contributed by atoms with Crippen LogP contribution in [0.25, 0.3) is 0 Å². The number of hydrogen-bond donors (Lipinski definition) is 1. The van der Waals surface area contributed by atoms with Gasteiger partial charge in [0.2, 0.25) is 5.88 Å². The normalized spacial score (nSPS) is 12.2. The SMILES string of the molecule is CCC(NCc1ccnc(OC)c1)c1ccccc1F. The van der Waals surface area contributed by atoms with Crippen LogP contribution in [0.2, 0.25) is 0 Å². The van der Waals surface area contributed by atoms with Gasteiger partial charge < -0.3 is 10.1 Å². The van der Waals surface area contributed by atoms with Crippen molar-refractivity contribution in [3.05, 3.63) is 59.5 Å². The lowest BCUT2D eigenvalue weighted by atomic mass is 10.0. The van der Waals surface area contributed by atoms with Crippen molar-refractivity contribution in [3.63, 3.8) is 0 Å². The van der Waals surface area contributed by atoms with Crippen molar-refractivity contribution in [1.82, 2.24) is 10.3 Å². The number of aromatic nitrogens is 1. The Balaban J connectivity index is 2.06. The Morgan fingerprint density at radius 2 is 2.10 bits per heavy atom. The monoisotopic (exact) mass is 274 g/mol. The Bertz CT molecular complexity index is 560. The van der Waals surface area contributed by atoms with Crippen molar-refractivity contribution in [2.75, 3.05) is 7.11 Å². The summed E-state index contributed by atoms with van der Waals surface area (Å²) in [6, 6.07) is 10.7. The van der Waals surface area contributed by atoms with Gasteiger partial charge in [-0.2, -0.15) is 0 Å². The molecule has 0 radical (unpaired) electrons. The average Bonchev–Trinajstić information content (AvgIpc) is 2.49. The molecule has 2 rings (SSSR count). The summed E-state index contributed by atoms with van der Waals surface area (Å²) >= 11 is 0. The summed E-state index contributed by atoms with van der Waals surface area (Å²) in [6.45, 7) is 2.68. The Kier molecular flexibility index (Phi) is 5.07. The summed E-state index contributed by atoms with van der Waals surface area (Å²) in [5, 5.41) is 3.37. The fourth-order valence-corrected chi connectivity index (χ4v) is 2.14. The first-order valence-corrected chi connectivity index (χ1v) is 6.71. The van der Waals surface area contributed by atoms with Gasteiger partial charge in [-0.1, -0.05) is 25.1 Å². The van der Waals surface area contributed by atoms with Crippen LogP contribution in [0, 0.1) is 5.82 Å². The summed E-state index contributed by atoms with van der Waals surface area (Å²) in [5.74, 6) is 0.419. The molecule has 0 aliphatic rings. The van der Waals surface area contributed by atoms with E-state index in [1.165, 1.54) is 6.07 Å². The summed E-state index contributed by atoms with van der Waals surface area (Å²) in [5.41, 5.74) is 1.77. The summed E-state index contributed by atoms with van der Waals surface area (Å²) in [6.07, 6.45) is 2.53. The van der Waals surface area contributed by atoms with Crippen LogP contribution in [-0.4, -0.2) is 12.1 Å². The van der Waals surface area contributed by atoms with Crippen LogP contribution in [0.4, 0.5) is 4.39 Å². The molecule has 20 heavy (non-hydrogen) atoms. The first kappa shape index (κ1) is 14.5. The maximum Gasteiger partial charge on any atom is 0.213 e. The maximum absolute atomic E-state index is 13.8. The zero-order chi connectivity index (χ0) is 14.4. The lowest BCUT2D eigenvalue weighted by molar-refractivity contribution is 0.396. The van der Waals surface area contributed by atoms with E-state index in [2.05, 4.69) is 10.3 Å². The molecule has 2 aromatic rings. The molecule has 1 N–H and O–H groups in total. The molecule has 1 aromatic heterocycles. The number of nitrogens with one attached hydrogen (secondary N) is 1. The fourth-order valence-electron chi connectivity index (χ4n) is 2.14. The Morgan fingerprint density at radius 1 is 1.30 bits per heavy atom. The molecule has 0 amide bonds. The maximum atomic E-state index is 13.8. The van der Waals surface area contributed by atoms with Gasteiger partial charge in [-0.15, -0.1) is 0 Å². The lowest BCUT2D eigenvalue weighted by Crippen LogP contribution is -2.21. The van der Waals surface area contributed by atoms with Crippen LogP contribution in [0.5, 0.6) is 5.88 Å². The molecule has 1 atom stereocenters. The number of hydrogen-bond acceptors (Lipinski definition) is 3. The van der Waals surface area contributed by atoms with Gasteiger partial charge in [0, 0.05) is 30.4 Å². The second kappa shape index (κ2) is 7.01. The van der Waals surface area contributed by atoms with Crippen LogP contribution in [0.15, 0.2) is 42.6 Å². The van der Waals surface area contributed by atoms with E-state index < -0.39 is 0 Å². The van der Waals surface area contributed by atoms with Crippen LogP contribution >= 0.6 is 0 Å². The highest BCUT2D eigenvalue weighted by atomic mass is 19.1. The summed E-state index contributed by atoms with van der Waals surface area (Å²) in [7, 11) is 1.59. The highest BCUT2D eigenvalue weighted by Gasteiger charge is 2.12. The second-order valence-corrected chi connectivity index (χ2v) is 4.57.